The Morgan fingerprint density at radius 2 is 1.95 bits per heavy atom. The minimum absolute atomic E-state index is 0. The first-order valence-electron chi connectivity index (χ1n) is 8.05. The van der Waals surface area contributed by atoms with Crippen LogP contribution in [0.25, 0.3) is 0 Å². The van der Waals surface area contributed by atoms with E-state index in [-0.39, 0.29) is 24.0 Å². The summed E-state index contributed by atoms with van der Waals surface area (Å²) >= 11 is 1.76. The first-order valence-corrected chi connectivity index (χ1v) is 8.99. The summed E-state index contributed by atoms with van der Waals surface area (Å²) < 4.78 is 0. The van der Waals surface area contributed by atoms with Crippen molar-refractivity contribution in [3.63, 3.8) is 0 Å². The van der Waals surface area contributed by atoms with Gasteiger partial charge in [0.2, 0.25) is 0 Å². The molecule has 0 aliphatic rings. The zero-order valence-electron chi connectivity index (χ0n) is 14.3. The van der Waals surface area contributed by atoms with Crippen LogP contribution in [0, 0.1) is 0 Å². The third-order valence-corrected chi connectivity index (χ3v) is 4.19. The predicted molar refractivity (Wildman–Crippen MR) is 110 cm³/mol. The molecule has 0 aliphatic carbocycles. The van der Waals surface area contributed by atoms with Crippen molar-refractivity contribution in [2.75, 3.05) is 32.7 Å². The second kappa shape index (κ2) is 13.1. The highest BCUT2D eigenvalue weighted by atomic mass is 127. The van der Waals surface area contributed by atoms with Gasteiger partial charge in [0.1, 0.15) is 0 Å². The molecule has 0 bridgehead atoms. The highest BCUT2D eigenvalue weighted by molar-refractivity contribution is 14.0. The zero-order valence-corrected chi connectivity index (χ0v) is 17.4. The molecule has 1 aromatic rings. The number of aliphatic imine (C=N–C) groups is 1. The monoisotopic (exact) mass is 438 g/mol. The molecule has 1 atom stereocenters. The van der Waals surface area contributed by atoms with Crippen molar-refractivity contribution >= 4 is 41.3 Å². The summed E-state index contributed by atoms with van der Waals surface area (Å²) in [6.45, 7) is 13.4. The van der Waals surface area contributed by atoms with Gasteiger partial charge < -0.3 is 10.6 Å². The molecule has 2 N–H and O–H groups in total. The van der Waals surface area contributed by atoms with Crippen LogP contribution in [0.2, 0.25) is 0 Å². The molecule has 1 aromatic heterocycles. The van der Waals surface area contributed by atoms with E-state index in [1.54, 1.807) is 11.3 Å². The van der Waals surface area contributed by atoms with Gasteiger partial charge in [0, 0.05) is 13.1 Å². The van der Waals surface area contributed by atoms with Crippen molar-refractivity contribution < 1.29 is 0 Å². The van der Waals surface area contributed by atoms with E-state index in [0.29, 0.717) is 6.04 Å². The lowest BCUT2D eigenvalue weighted by Gasteiger charge is -2.28. The number of halogens is 1. The van der Waals surface area contributed by atoms with Gasteiger partial charge in [-0.2, -0.15) is 11.3 Å². The van der Waals surface area contributed by atoms with Gasteiger partial charge in [-0.25, -0.2) is 0 Å². The van der Waals surface area contributed by atoms with E-state index in [1.165, 1.54) is 5.56 Å². The number of rotatable bonds is 9. The molecule has 0 aromatic carbocycles. The van der Waals surface area contributed by atoms with Crippen LogP contribution in [0.3, 0.4) is 0 Å². The van der Waals surface area contributed by atoms with Crippen LogP contribution >= 0.6 is 35.3 Å². The maximum Gasteiger partial charge on any atom is 0.191 e. The summed E-state index contributed by atoms with van der Waals surface area (Å²) in [7, 11) is 0. The van der Waals surface area contributed by atoms with Crippen LogP contribution in [0.4, 0.5) is 0 Å². The van der Waals surface area contributed by atoms with E-state index < -0.39 is 0 Å². The van der Waals surface area contributed by atoms with Crippen molar-refractivity contribution in [2.24, 2.45) is 4.99 Å². The lowest BCUT2D eigenvalue weighted by Crippen LogP contribution is -2.39. The molecule has 0 radical (unpaired) electrons. The minimum atomic E-state index is 0. The van der Waals surface area contributed by atoms with Crippen LogP contribution in [0.1, 0.15) is 45.7 Å². The molecule has 6 heteroatoms. The van der Waals surface area contributed by atoms with E-state index in [9.17, 15) is 0 Å². The maximum absolute atomic E-state index is 4.78. The van der Waals surface area contributed by atoms with Crippen LogP contribution in [-0.2, 0) is 0 Å². The Kier molecular flexibility index (Phi) is 12.9. The normalized spacial score (nSPS) is 12.9. The minimum Gasteiger partial charge on any atom is -0.357 e. The molecule has 0 spiro atoms. The maximum atomic E-state index is 4.78. The molecule has 0 amide bonds. The Morgan fingerprint density at radius 3 is 2.45 bits per heavy atom. The molecule has 22 heavy (non-hydrogen) atoms. The molecule has 4 nitrogen and oxygen atoms in total. The Labute approximate surface area is 156 Å². The number of hydrogen-bond donors (Lipinski definition) is 2. The van der Waals surface area contributed by atoms with Gasteiger partial charge in [-0.1, -0.05) is 20.8 Å². The third kappa shape index (κ3) is 7.28. The van der Waals surface area contributed by atoms with Crippen LogP contribution in [0.15, 0.2) is 21.8 Å². The van der Waals surface area contributed by atoms with E-state index in [0.717, 1.165) is 45.1 Å². The molecule has 1 rings (SSSR count). The number of nitrogens with one attached hydrogen (secondary N) is 2. The summed E-state index contributed by atoms with van der Waals surface area (Å²) in [6, 6.07) is 2.58. The molecule has 1 heterocycles. The number of guanidine groups is 1. The molecule has 128 valence electrons. The summed E-state index contributed by atoms with van der Waals surface area (Å²) in [6.07, 6.45) is 1.11. The predicted octanol–water partition coefficient (Wildman–Crippen LogP) is 3.71. The fourth-order valence-corrected chi connectivity index (χ4v) is 3.03. The summed E-state index contributed by atoms with van der Waals surface area (Å²) in [5.41, 5.74) is 1.37. The van der Waals surface area contributed by atoms with E-state index >= 15 is 0 Å². The molecule has 1 unspecified atom stereocenters. The van der Waals surface area contributed by atoms with Crippen LogP contribution in [-0.4, -0.2) is 43.6 Å². The van der Waals surface area contributed by atoms with Crippen molar-refractivity contribution in [3.05, 3.63) is 22.4 Å². The number of nitrogens with zero attached hydrogens (tertiary/aromatic N) is 2. The quantitative estimate of drug-likeness (QED) is 0.351. The Balaban J connectivity index is 0.00000441. The number of likely N-dealkylation sites (N-methyl/N-ethyl adjacent to an activating group) is 1. The topological polar surface area (TPSA) is 39.7 Å². The fraction of sp³-hybridized carbons (Fsp3) is 0.688. The lowest BCUT2D eigenvalue weighted by atomic mass is 10.1. The average Bonchev–Trinajstić information content (AvgIpc) is 3.02. The van der Waals surface area contributed by atoms with Crippen LogP contribution < -0.4 is 10.6 Å². The Bertz CT molecular complexity index is 391. The molecule has 0 saturated heterocycles. The van der Waals surface area contributed by atoms with E-state index in [4.69, 9.17) is 4.99 Å². The highest BCUT2D eigenvalue weighted by Crippen LogP contribution is 2.23. The first kappa shape index (κ1) is 21.7. The second-order valence-electron chi connectivity index (χ2n) is 4.94. The van der Waals surface area contributed by atoms with Gasteiger partial charge in [0.25, 0.3) is 0 Å². The average molecular weight is 438 g/mol. The van der Waals surface area contributed by atoms with Crippen molar-refractivity contribution in [1.82, 2.24) is 15.5 Å². The largest absolute Gasteiger partial charge is 0.357 e. The van der Waals surface area contributed by atoms with Gasteiger partial charge in [-0.3, -0.25) is 9.89 Å². The van der Waals surface area contributed by atoms with Gasteiger partial charge in [-0.15, -0.1) is 24.0 Å². The molecule has 0 aliphatic heterocycles. The molecular weight excluding hydrogens is 407 g/mol. The van der Waals surface area contributed by atoms with Gasteiger partial charge in [-0.05, 0) is 48.8 Å². The van der Waals surface area contributed by atoms with E-state index in [1.807, 2.05) is 0 Å². The van der Waals surface area contributed by atoms with Crippen molar-refractivity contribution in [3.8, 4) is 0 Å². The Hall–Kier alpha value is -0.340. The number of hydrogen-bond acceptors (Lipinski definition) is 3. The molecular formula is C16H31IN4S. The summed E-state index contributed by atoms with van der Waals surface area (Å²) in [5.74, 6) is 0.923. The van der Waals surface area contributed by atoms with E-state index in [2.05, 4.69) is 60.1 Å². The molecule has 0 saturated carbocycles. The first-order chi connectivity index (χ1) is 10.3. The lowest BCUT2D eigenvalue weighted by molar-refractivity contribution is 0.224. The SMILES string of the molecule is CCCNC(=NCC(c1ccsc1)N(CC)CC)NCC.I. The number of thiophene rings is 1. The van der Waals surface area contributed by atoms with Crippen molar-refractivity contribution in [1.29, 1.82) is 0 Å². The molecule has 0 fully saturated rings. The fourth-order valence-electron chi connectivity index (χ4n) is 2.32. The van der Waals surface area contributed by atoms with Gasteiger partial charge in [0.05, 0.1) is 12.6 Å². The van der Waals surface area contributed by atoms with Crippen molar-refractivity contribution in [2.45, 2.75) is 40.2 Å². The Morgan fingerprint density at radius 1 is 1.23 bits per heavy atom. The summed E-state index contributed by atoms with van der Waals surface area (Å²) in [4.78, 5) is 7.25. The zero-order chi connectivity index (χ0) is 15.5. The second-order valence-corrected chi connectivity index (χ2v) is 5.72. The smallest absolute Gasteiger partial charge is 0.191 e. The highest BCUT2D eigenvalue weighted by Gasteiger charge is 2.18. The van der Waals surface area contributed by atoms with Crippen LogP contribution in [0.5, 0.6) is 0 Å². The standard InChI is InChI=1S/C16H30N4S.HI/c1-5-10-18-16(17-6-2)19-12-15(20(7-3)8-4)14-9-11-21-13-14;/h9,11,13,15H,5-8,10,12H2,1-4H3,(H2,17,18,19);1H. The third-order valence-electron chi connectivity index (χ3n) is 3.49. The van der Waals surface area contributed by atoms with Gasteiger partial charge >= 0.3 is 0 Å². The summed E-state index contributed by atoms with van der Waals surface area (Å²) in [5, 5.41) is 11.1. The van der Waals surface area contributed by atoms with Gasteiger partial charge in [0.15, 0.2) is 5.96 Å².